The molecule has 0 aromatic rings. The standard InChI is InChI=1S/C11H22N2OS/c1-8(2)5-12-11(15)13-6-9(3)14-10(4)7-13/h8-10H,5-7H2,1-4H3,(H,12,15)/t9-,10+. The zero-order valence-electron chi connectivity index (χ0n) is 10.1. The van der Waals surface area contributed by atoms with Crippen LogP contribution >= 0.6 is 12.2 Å². The normalized spacial score (nSPS) is 26.9. The Hall–Kier alpha value is -0.350. The molecule has 2 atom stereocenters. The average molecular weight is 230 g/mol. The topological polar surface area (TPSA) is 24.5 Å². The number of hydrogen-bond acceptors (Lipinski definition) is 2. The second-order valence-corrected chi connectivity index (χ2v) is 5.13. The van der Waals surface area contributed by atoms with Crippen molar-refractivity contribution in [1.29, 1.82) is 0 Å². The summed E-state index contributed by atoms with van der Waals surface area (Å²) in [5.41, 5.74) is 0. The van der Waals surface area contributed by atoms with Gasteiger partial charge in [-0.1, -0.05) is 13.8 Å². The molecule has 1 aliphatic rings. The van der Waals surface area contributed by atoms with Crippen LogP contribution in [0.5, 0.6) is 0 Å². The van der Waals surface area contributed by atoms with E-state index in [4.69, 9.17) is 17.0 Å². The van der Waals surface area contributed by atoms with Crippen molar-refractivity contribution >= 4 is 17.3 Å². The van der Waals surface area contributed by atoms with E-state index in [0.717, 1.165) is 24.7 Å². The molecule has 88 valence electrons. The maximum Gasteiger partial charge on any atom is 0.169 e. The Bertz CT molecular complexity index is 211. The Kier molecular flexibility index (Phi) is 4.80. The molecule has 15 heavy (non-hydrogen) atoms. The van der Waals surface area contributed by atoms with E-state index >= 15 is 0 Å². The van der Waals surface area contributed by atoms with Crippen molar-refractivity contribution in [2.24, 2.45) is 5.92 Å². The SMILES string of the molecule is CC(C)CNC(=S)N1C[C@@H](C)O[C@@H](C)C1. The lowest BCUT2D eigenvalue weighted by atomic mass is 10.2. The summed E-state index contributed by atoms with van der Waals surface area (Å²) in [5, 5.41) is 4.16. The van der Waals surface area contributed by atoms with E-state index < -0.39 is 0 Å². The van der Waals surface area contributed by atoms with Crippen LogP contribution in [0.4, 0.5) is 0 Å². The van der Waals surface area contributed by atoms with Gasteiger partial charge >= 0.3 is 0 Å². The summed E-state index contributed by atoms with van der Waals surface area (Å²) >= 11 is 5.36. The summed E-state index contributed by atoms with van der Waals surface area (Å²) in [6.07, 6.45) is 0.542. The number of nitrogens with one attached hydrogen (secondary N) is 1. The summed E-state index contributed by atoms with van der Waals surface area (Å²) in [4.78, 5) is 2.20. The third-order valence-corrected chi connectivity index (χ3v) is 2.77. The van der Waals surface area contributed by atoms with E-state index in [1.807, 2.05) is 0 Å². The Labute approximate surface area is 98.2 Å². The van der Waals surface area contributed by atoms with Gasteiger partial charge in [0.15, 0.2) is 5.11 Å². The van der Waals surface area contributed by atoms with Crippen molar-refractivity contribution in [3.05, 3.63) is 0 Å². The van der Waals surface area contributed by atoms with E-state index in [9.17, 15) is 0 Å². The minimum absolute atomic E-state index is 0.271. The molecule has 0 saturated carbocycles. The first kappa shape index (κ1) is 12.7. The van der Waals surface area contributed by atoms with Crippen molar-refractivity contribution in [2.75, 3.05) is 19.6 Å². The lowest BCUT2D eigenvalue weighted by molar-refractivity contribution is -0.0482. The third-order valence-electron chi connectivity index (χ3n) is 2.37. The molecule has 0 aromatic heterocycles. The quantitative estimate of drug-likeness (QED) is 0.729. The number of ether oxygens (including phenoxy) is 1. The van der Waals surface area contributed by atoms with Crippen LogP contribution in [-0.4, -0.2) is 41.9 Å². The highest BCUT2D eigenvalue weighted by Crippen LogP contribution is 2.10. The van der Waals surface area contributed by atoms with E-state index in [0.29, 0.717) is 5.92 Å². The van der Waals surface area contributed by atoms with E-state index in [2.05, 4.69) is 37.9 Å². The largest absolute Gasteiger partial charge is 0.372 e. The summed E-state index contributed by atoms with van der Waals surface area (Å²) in [6.45, 7) is 11.3. The first-order valence-corrected chi connectivity index (χ1v) is 6.08. The number of thiocarbonyl (C=S) groups is 1. The molecule has 1 saturated heterocycles. The molecule has 0 aromatic carbocycles. The summed E-state index contributed by atoms with van der Waals surface area (Å²) < 4.78 is 5.66. The van der Waals surface area contributed by atoms with Crippen LogP contribution in [0.25, 0.3) is 0 Å². The number of rotatable bonds is 2. The van der Waals surface area contributed by atoms with Crippen molar-refractivity contribution in [2.45, 2.75) is 39.9 Å². The molecular weight excluding hydrogens is 208 g/mol. The van der Waals surface area contributed by atoms with E-state index in [1.165, 1.54) is 0 Å². The maximum absolute atomic E-state index is 5.66. The van der Waals surface area contributed by atoms with E-state index in [-0.39, 0.29) is 12.2 Å². The molecule has 0 spiro atoms. The van der Waals surface area contributed by atoms with Crippen LogP contribution in [0.1, 0.15) is 27.7 Å². The lowest BCUT2D eigenvalue weighted by Gasteiger charge is -2.37. The highest BCUT2D eigenvalue weighted by atomic mass is 32.1. The number of nitrogens with zero attached hydrogens (tertiary/aromatic N) is 1. The first-order chi connectivity index (χ1) is 6.99. The van der Waals surface area contributed by atoms with Crippen molar-refractivity contribution in [3.8, 4) is 0 Å². The highest BCUT2D eigenvalue weighted by molar-refractivity contribution is 7.80. The van der Waals surface area contributed by atoms with Gasteiger partial charge < -0.3 is 15.0 Å². The van der Waals surface area contributed by atoms with Crippen LogP contribution in [0, 0.1) is 5.92 Å². The smallest absolute Gasteiger partial charge is 0.169 e. The minimum Gasteiger partial charge on any atom is -0.372 e. The first-order valence-electron chi connectivity index (χ1n) is 5.67. The molecule has 4 heteroatoms. The molecule has 0 aliphatic carbocycles. The van der Waals surface area contributed by atoms with Gasteiger partial charge in [0, 0.05) is 19.6 Å². The van der Waals surface area contributed by atoms with Crippen molar-refractivity contribution < 1.29 is 4.74 Å². The second-order valence-electron chi connectivity index (χ2n) is 4.74. The second kappa shape index (κ2) is 5.66. The molecule has 1 fully saturated rings. The van der Waals surface area contributed by atoms with E-state index in [1.54, 1.807) is 0 Å². The van der Waals surface area contributed by atoms with Gasteiger partial charge in [0.2, 0.25) is 0 Å². The molecule has 3 nitrogen and oxygen atoms in total. The molecule has 0 radical (unpaired) electrons. The summed E-state index contributed by atoms with van der Waals surface area (Å²) in [7, 11) is 0. The van der Waals surface area contributed by atoms with Gasteiger partial charge in [-0.15, -0.1) is 0 Å². The Balaban J connectivity index is 2.38. The molecule has 1 N–H and O–H groups in total. The van der Waals surface area contributed by atoms with Gasteiger partial charge in [0.25, 0.3) is 0 Å². The summed E-state index contributed by atoms with van der Waals surface area (Å²) in [6, 6.07) is 0. The fourth-order valence-electron chi connectivity index (χ4n) is 1.75. The van der Waals surface area contributed by atoms with Crippen LogP contribution in [0.15, 0.2) is 0 Å². The molecule has 1 rings (SSSR count). The number of morpholine rings is 1. The maximum atomic E-state index is 5.66. The fraction of sp³-hybridized carbons (Fsp3) is 0.909. The lowest BCUT2D eigenvalue weighted by Crippen LogP contribution is -2.51. The van der Waals surface area contributed by atoms with Crippen LogP contribution in [-0.2, 0) is 4.74 Å². The molecular formula is C11H22N2OS. The Morgan fingerprint density at radius 3 is 2.40 bits per heavy atom. The predicted molar refractivity (Wildman–Crippen MR) is 67.0 cm³/mol. The van der Waals surface area contributed by atoms with Gasteiger partial charge in [-0.3, -0.25) is 0 Å². The van der Waals surface area contributed by atoms with Crippen LogP contribution < -0.4 is 5.32 Å². The third kappa shape index (κ3) is 4.34. The zero-order valence-corrected chi connectivity index (χ0v) is 10.9. The monoisotopic (exact) mass is 230 g/mol. The number of hydrogen-bond donors (Lipinski definition) is 1. The average Bonchev–Trinajstić information content (AvgIpc) is 2.12. The molecule has 1 aliphatic heterocycles. The van der Waals surface area contributed by atoms with Crippen molar-refractivity contribution in [3.63, 3.8) is 0 Å². The molecule has 1 heterocycles. The van der Waals surface area contributed by atoms with Gasteiger partial charge in [-0.2, -0.15) is 0 Å². The van der Waals surface area contributed by atoms with Crippen LogP contribution in [0.2, 0.25) is 0 Å². The molecule has 0 amide bonds. The van der Waals surface area contributed by atoms with Gasteiger partial charge in [0.05, 0.1) is 12.2 Å². The van der Waals surface area contributed by atoms with Gasteiger partial charge in [0.1, 0.15) is 0 Å². The van der Waals surface area contributed by atoms with Gasteiger partial charge in [-0.05, 0) is 32.0 Å². The summed E-state index contributed by atoms with van der Waals surface area (Å²) in [5.74, 6) is 0.624. The highest BCUT2D eigenvalue weighted by Gasteiger charge is 2.23. The van der Waals surface area contributed by atoms with Crippen molar-refractivity contribution in [1.82, 2.24) is 10.2 Å². The predicted octanol–water partition coefficient (Wildman–Crippen LogP) is 1.63. The minimum atomic E-state index is 0.271. The Morgan fingerprint density at radius 1 is 1.40 bits per heavy atom. The van der Waals surface area contributed by atoms with Crippen LogP contribution in [0.3, 0.4) is 0 Å². The fourth-order valence-corrected chi connectivity index (χ4v) is 1.98. The molecule has 0 bridgehead atoms. The molecule has 0 unspecified atom stereocenters. The zero-order chi connectivity index (χ0) is 11.4. The Morgan fingerprint density at radius 2 is 1.93 bits per heavy atom. The van der Waals surface area contributed by atoms with Gasteiger partial charge in [-0.25, -0.2) is 0 Å².